The third-order valence-corrected chi connectivity index (χ3v) is 2.33. The average molecular weight is 264 g/mol. The average Bonchev–Trinajstić information content (AvgIpc) is 2.56. The normalized spacial score (nSPS) is 11.1. The molecular formula is C11H10BrN3. The van der Waals surface area contributed by atoms with E-state index in [0.29, 0.717) is 4.73 Å². The summed E-state index contributed by atoms with van der Waals surface area (Å²) < 4.78 is 2.33. The molecule has 0 atom stereocenters. The van der Waals surface area contributed by atoms with Crippen molar-refractivity contribution < 1.29 is 0 Å². The van der Waals surface area contributed by atoms with Crippen molar-refractivity contribution in [3.63, 3.8) is 0 Å². The van der Waals surface area contributed by atoms with Crippen molar-refractivity contribution in [3.05, 3.63) is 46.5 Å². The van der Waals surface area contributed by atoms with E-state index in [1.807, 2.05) is 49.5 Å². The topological polar surface area (TPSA) is 30.7 Å². The first-order valence-corrected chi connectivity index (χ1v) is 5.34. The van der Waals surface area contributed by atoms with Crippen molar-refractivity contribution in [1.82, 2.24) is 14.8 Å². The molecule has 0 aliphatic rings. The van der Waals surface area contributed by atoms with Crippen molar-refractivity contribution >= 4 is 28.1 Å². The van der Waals surface area contributed by atoms with Gasteiger partial charge in [0.2, 0.25) is 4.73 Å². The maximum Gasteiger partial charge on any atom is 0.217 e. The maximum atomic E-state index is 4.21. The molecule has 0 bridgehead atoms. The summed E-state index contributed by atoms with van der Waals surface area (Å²) in [5.74, 6) is 0.825. The fourth-order valence-corrected chi connectivity index (χ4v) is 1.66. The number of halogens is 1. The van der Waals surface area contributed by atoms with Crippen LogP contribution in [0, 0.1) is 0 Å². The minimum atomic E-state index is 0.609. The molecule has 0 aliphatic heterocycles. The van der Waals surface area contributed by atoms with E-state index in [-0.39, 0.29) is 0 Å². The number of hydrogen-bond acceptors (Lipinski definition) is 2. The van der Waals surface area contributed by atoms with Crippen molar-refractivity contribution in [2.75, 3.05) is 0 Å². The van der Waals surface area contributed by atoms with E-state index in [1.165, 1.54) is 0 Å². The molecular weight excluding hydrogens is 254 g/mol. The second kappa shape index (κ2) is 4.40. The largest absolute Gasteiger partial charge is 0.248 e. The monoisotopic (exact) mass is 263 g/mol. The summed E-state index contributed by atoms with van der Waals surface area (Å²) in [4.78, 5) is 4.21. The number of rotatable bonds is 2. The van der Waals surface area contributed by atoms with E-state index < -0.39 is 0 Å². The summed E-state index contributed by atoms with van der Waals surface area (Å²) in [7, 11) is 1.86. The van der Waals surface area contributed by atoms with Gasteiger partial charge in [0.05, 0.1) is 0 Å². The van der Waals surface area contributed by atoms with Gasteiger partial charge in [-0.15, -0.1) is 5.10 Å². The minimum absolute atomic E-state index is 0.609. The smallest absolute Gasteiger partial charge is 0.217 e. The Bertz CT molecular complexity index is 474. The molecule has 0 fully saturated rings. The van der Waals surface area contributed by atoms with E-state index in [0.717, 1.165) is 11.4 Å². The molecule has 1 aromatic heterocycles. The van der Waals surface area contributed by atoms with Gasteiger partial charge in [-0.2, -0.15) is 0 Å². The van der Waals surface area contributed by atoms with Gasteiger partial charge >= 0.3 is 0 Å². The van der Waals surface area contributed by atoms with Crippen LogP contribution >= 0.6 is 15.9 Å². The molecule has 0 aliphatic carbocycles. The fraction of sp³-hybridized carbons (Fsp3) is 0.0909. The highest BCUT2D eigenvalue weighted by Crippen LogP contribution is 2.08. The second-order valence-electron chi connectivity index (χ2n) is 3.11. The van der Waals surface area contributed by atoms with Crippen LogP contribution in [-0.2, 0) is 7.05 Å². The van der Waals surface area contributed by atoms with Crippen molar-refractivity contribution in [2.24, 2.45) is 7.05 Å². The lowest BCUT2D eigenvalue weighted by Crippen LogP contribution is -1.92. The van der Waals surface area contributed by atoms with E-state index in [9.17, 15) is 0 Å². The highest BCUT2D eigenvalue weighted by molar-refractivity contribution is 9.10. The molecule has 76 valence electrons. The first-order chi connectivity index (χ1) is 7.25. The van der Waals surface area contributed by atoms with Gasteiger partial charge < -0.3 is 0 Å². The minimum Gasteiger partial charge on any atom is -0.248 e. The van der Waals surface area contributed by atoms with Crippen molar-refractivity contribution in [2.45, 2.75) is 0 Å². The van der Waals surface area contributed by atoms with Gasteiger partial charge in [-0.05, 0) is 27.6 Å². The quantitative estimate of drug-likeness (QED) is 0.835. The second-order valence-corrected chi connectivity index (χ2v) is 3.82. The van der Waals surface area contributed by atoms with Crippen LogP contribution in [0.5, 0.6) is 0 Å². The number of benzene rings is 1. The van der Waals surface area contributed by atoms with E-state index >= 15 is 0 Å². The van der Waals surface area contributed by atoms with Gasteiger partial charge in [-0.3, -0.25) is 0 Å². The maximum absolute atomic E-state index is 4.21. The van der Waals surface area contributed by atoms with Crippen LogP contribution in [0.15, 0.2) is 35.1 Å². The van der Waals surface area contributed by atoms with Gasteiger partial charge in [0.15, 0.2) is 5.82 Å². The summed E-state index contributed by atoms with van der Waals surface area (Å²) in [6.45, 7) is 0. The third kappa shape index (κ3) is 2.53. The zero-order valence-corrected chi connectivity index (χ0v) is 9.85. The first kappa shape index (κ1) is 10.1. The Labute approximate surface area is 96.6 Å². The first-order valence-electron chi connectivity index (χ1n) is 4.55. The van der Waals surface area contributed by atoms with Gasteiger partial charge in [-0.25, -0.2) is 9.67 Å². The summed E-state index contributed by atoms with van der Waals surface area (Å²) in [5.41, 5.74) is 1.15. The highest BCUT2D eigenvalue weighted by Gasteiger charge is 1.99. The summed E-state index contributed by atoms with van der Waals surface area (Å²) >= 11 is 3.23. The Morgan fingerprint density at radius 1 is 1.20 bits per heavy atom. The molecule has 15 heavy (non-hydrogen) atoms. The molecule has 1 heterocycles. The van der Waals surface area contributed by atoms with E-state index in [1.54, 1.807) is 4.68 Å². The Morgan fingerprint density at radius 2 is 1.93 bits per heavy atom. The Balaban J connectivity index is 2.22. The number of hydrogen-bond donors (Lipinski definition) is 0. The molecule has 1 aromatic carbocycles. The van der Waals surface area contributed by atoms with Crippen LogP contribution in [0.1, 0.15) is 11.4 Å². The molecule has 0 amide bonds. The summed E-state index contributed by atoms with van der Waals surface area (Å²) in [6, 6.07) is 10.1. The van der Waals surface area contributed by atoms with Crippen molar-refractivity contribution in [3.8, 4) is 0 Å². The summed E-state index contributed by atoms with van der Waals surface area (Å²) in [6.07, 6.45) is 3.95. The van der Waals surface area contributed by atoms with Crippen LogP contribution in [0.3, 0.4) is 0 Å². The number of aryl methyl sites for hydroxylation is 1. The highest BCUT2D eigenvalue weighted by atomic mass is 79.9. The molecule has 0 unspecified atom stereocenters. The summed E-state index contributed by atoms with van der Waals surface area (Å²) in [5, 5.41) is 4.09. The predicted molar refractivity (Wildman–Crippen MR) is 64.1 cm³/mol. The van der Waals surface area contributed by atoms with Gasteiger partial charge in [0.1, 0.15) is 0 Å². The van der Waals surface area contributed by atoms with Crippen LogP contribution < -0.4 is 0 Å². The molecule has 3 nitrogen and oxygen atoms in total. The van der Waals surface area contributed by atoms with Crippen LogP contribution in [-0.4, -0.2) is 14.8 Å². The molecule has 0 saturated carbocycles. The van der Waals surface area contributed by atoms with Gasteiger partial charge in [0.25, 0.3) is 0 Å². The lowest BCUT2D eigenvalue weighted by atomic mass is 10.2. The molecule has 2 rings (SSSR count). The SMILES string of the molecule is Cn1nc(Br)nc1C=Cc1ccccc1. The zero-order chi connectivity index (χ0) is 10.7. The van der Waals surface area contributed by atoms with Crippen molar-refractivity contribution in [1.29, 1.82) is 0 Å². The Morgan fingerprint density at radius 3 is 2.53 bits per heavy atom. The molecule has 4 heteroatoms. The lowest BCUT2D eigenvalue weighted by Gasteiger charge is -1.92. The van der Waals surface area contributed by atoms with Gasteiger partial charge in [0, 0.05) is 7.05 Å². The van der Waals surface area contributed by atoms with E-state index in [2.05, 4.69) is 26.0 Å². The molecule has 0 saturated heterocycles. The third-order valence-electron chi connectivity index (χ3n) is 2.00. The van der Waals surface area contributed by atoms with Crippen LogP contribution in [0.4, 0.5) is 0 Å². The van der Waals surface area contributed by atoms with Crippen LogP contribution in [0.2, 0.25) is 0 Å². The fourth-order valence-electron chi connectivity index (χ4n) is 1.24. The molecule has 0 spiro atoms. The van der Waals surface area contributed by atoms with E-state index in [4.69, 9.17) is 0 Å². The zero-order valence-electron chi connectivity index (χ0n) is 8.26. The number of aromatic nitrogens is 3. The molecule has 0 radical (unpaired) electrons. The lowest BCUT2D eigenvalue weighted by molar-refractivity contribution is 0.751. The molecule has 2 aromatic rings. The van der Waals surface area contributed by atoms with Gasteiger partial charge in [-0.1, -0.05) is 36.4 Å². The number of nitrogens with zero attached hydrogens (tertiary/aromatic N) is 3. The Kier molecular flexibility index (Phi) is 2.97. The predicted octanol–water partition coefficient (Wildman–Crippen LogP) is 2.75. The Hall–Kier alpha value is -1.42. The molecule has 0 N–H and O–H groups in total. The van der Waals surface area contributed by atoms with Crippen LogP contribution in [0.25, 0.3) is 12.2 Å². The standard InChI is InChI=1S/C11H10BrN3/c1-15-10(13-11(12)14-15)8-7-9-5-3-2-4-6-9/h2-8H,1H3.